The third-order valence-corrected chi connectivity index (χ3v) is 3.07. The van der Waals surface area contributed by atoms with Crippen LogP contribution in [0.25, 0.3) is 11.1 Å². The Labute approximate surface area is 123 Å². The Kier molecular flexibility index (Phi) is 5.05. The molecule has 0 unspecified atom stereocenters. The van der Waals surface area contributed by atoms with E-state index in [1.807, 2.05) is 24.3 Å². The van der Waals surface area contributed by atoms with Gasteiger partial charge < -0.3 is 4.90 Å². The standard InChI is InChI=1S/C17H15FN2O/c1-2-12-20(13-9-18)17(21)16-5-3-14(4-6-16)15-7-10-19-11-8-15/h1,3-8,10-11H,9,12-13H2. The molecule has 0 radical (unpaired) electrons. The van der Waals surface area contributed by atoms with E-state index in [-0.39, 0.29) is 19.0 Å². The quantitative estimate of drug-likeness (QED) is 0.790. The van der Waals surface area contributed by atoms with Gasteiger partial charge in [0, 0.05) is 18.0 Å². The topological polar surface area (TPSA) is 33.2 Å². The molecule has 1 heterocycles. The molecule has 0 atom stereocenters. The van der Waals surface area contributed by atoms with Crippen molar-refractivity contribution in [2.75, 3.05) is 19.8 Å². The van der Waals surface area contributed by atoms with Crippen molar-refractivity contribution in [3.8, 4) is 23.5 Å². The van der Waals surface area contributed by atoms with Gasteiger partial charge in [-0.1, -0.05) is 18.1 Å². The summed E-state index contributed by atoms with van der Waals surface area (Å²) < 4.78 is 12.5. The van der Waals surface area contributed by atoms with Crippen LogP contribution in [0, 0.1) is 12.3 Å². The number of terminal acetylenes is 1. The Morgan fingerprint density at radius 2 is 1.76 bits per heavy atom. The van der Waals surface area contributed by atoms with E-state index in [2.05, 4.69) is 10.9 Å². The first-order valence-electron chi connectivity index (χ1n) is 6.55. The predicted octanol–water partition coefficient (Wildman–Crippen LogP) is 2.79. The Morgan fingerprint density at radius 3 is 2.33 bits per heavy atom. The van der Waals surface area contributed by atoms with Gasteiger partial charge in [0.05, 0.1) is 13.1 Å². The molecule has 0 N–H and O–H groups in total. The summed E-state index contributed by atoms with van der Waals surface area (Å²) in [6.07, 6.45) is 8.63. The highest BCUT2D eigenvalue weighted by molar-refractivity contribution is 5.94. The van der Waals surface area contributed by atoms with Gasteiger partial charge in [0.2, 0.25) is 0 Å². The molecule has 1 amide bonds. The molecular formula is C17H15FN2O. The minimum absolute atomic E-state index is 0.00907. The van der Waals surface area contributed by atoms with E-state index in [4.69, 9.17) is 6.42 Å². The molecule has 1 aromatic heterocycles. The number of carbonyl (C=O) groups excluding carboxylic acids is 1. The highest BCUT2D eigenvalue weighted by Crippen LogP contribution is 2.19. The molecule has 0 saturated carbocycles. The monoisotopic (exact) mass is 282 g/mol. The summed E-state index contributed by atoms with van der Waals surface area (Å²) in [6, 6.07) is 10.9. The summed E-state index contributed by atoms with van der Waals surface area (Å²) in [5.74, 6) is 2.11. The SMILES string of the molecule is C#CCN(CCF)C(=O)c1ccc(-c2ccncc2)cc1. The first kappa shape index (κ1) is 14.7. The summed E-state index contributed by atoms with van der Waals surface area (Å²) >= 11 is 0. The average Bonchev–Trinajstić information content (AvgIpc) is 2.55. The van der Waals surface area contributed by atoms with Crippen LogP contribution in [0.4, 0.5) is 4.39 Å². The zero-order valence-corrected chi connectivity index (χ0v) is 11.5. The Hall–Kier alpha value is -2.67. The minimum atomic E-state index is -0.609. The van der Waals surface area contributed by atoms with Crippen LogP contribution in [-0.4, -0.2) is 35.6 Å². The molecule has 106 valence electrons. The van der Waals surface area contributed by atoms with Crippen LogP contribution >= 0.6 is 0 Å². The molecular weight excluding hydrogens is 267 g/mol. The lowest BCUT2D eigenvalue weighted by Crippen LogP contribution is -2.33. The molecule has 0 aliphatic carbocycles. The van der Waals surface area contributed by atoms with Gasteiger partial charge in [0.15, 0.2) is 0 Å². The molecule has 0 spiro atoms. The number of alkyl halides is 1. The Morgan fingerprint density at radius 1 is 1.14 bits per heavy atom. The summed E-state index contributed by atoms with van der Waals surface area (Å²) in [6.45, 7) is -0.494. The average molecular weight is 282 g/mol. The van der Waals surface area contributed by atoms with Crippen molar-refractivity contribution in [1.29, 1.82) is 0 Å². The van der Waals surface area contributed by atoms with Crippen molar-refractivity contribution < 1.29 is 9.18 Å². The van der Waals surface area contributed by atoms with Gasteiger partial charge in [-0.15, -0.1) is 6.42 Å². The van der Waals surface area contributed by atoms with Gasteiger partial charge in [-0.3, -0.25) is 9.78 Å². The lowest BCUT2D eigenvalue weighted by atomic mass is 10.0. The lowest BCUT2D eigenvalue weighted by molar-refractivity contribution is 0.0767. The number of rotatable bonds is 5. The predicted molar refractivity (Wildman–Crippen MR) is 80.4 cm³/mol. The zero-order chi connectivity index (χ0) is 15.1. The van der Waals surface area contributed by atoms with Crippen LogP contribution in [0.2, 0.25) is 0 Å². The van der Waals surface area contributed by atoms with Crippen LogP contribution in [0.1, 0.15) is 10.4 Å². The smallest absolute Gasteiger partial charge is 0.254 e. The minimum Gasteiger partial charge on any atom is -0.325 e. The van der Waals surface area contributed by atoms with Crippen LogP contribution < -0.4 is 0 Å². The number of nitrogens with zero attached hydrogens (tertiary/aromatic N) is 2. The fourth-order valence-electron chi connectivity index (χ4n) is 2.00. The molecule has 0 aliphatic heterocycles. The van der Waals surface area contributed by atoms with Gasteiger partial charge in [-0.05, 0) is 35.4 Å². The van der Waals surface area contributed by atoms with E-state index in [0.717, 1.165) is 11.1 Å². The number of aromatic nitrogens is 1. The molecule has 0 saturated heterocycles. The third-order valence-electron chi connectivity index (χ3n) is 3.07. The molecule has 0 aliphatic rings. The number of pyridine rings is 1. The maximum Gasteiger partial charge on any atom is 0.254 e. The Balaban J connectivity index is 2.18. The van der Waals surface area contributed by atoms with Crippen molar-refractivity contribution in [3.63, 3.8) is 0 Å². The van der Waals surface area contributed by atoms with Crippen LogP contribution in [0.3, 0.4) is 0 Å². The van der Waals surface area contributed by atoms with E-state index in [1.54, 1.807) is 24.5 Å². The molecule has 2 aromatic rings. The third kappa shape index (κ3) is 3.67. The van der Waals surface area contributed by atoms with Gasteiger partial charge in [-0.2, -0.15) is 0 Å². The number of benzene rings is 1. The first-order chi connectivity index (χ1) is 10.3. The van der Waals surface area contributed by atoms with Crippen molar-refractivity contribution in [1.82, 2.24) is 9.88 Å². The van der Waals surface area contributed by atoms with Gasteiger partial charge in [0.25, 0.3) is 5.91 Å². The highest BCUT2D eigenvalue weighted by Gasteiger charge is 2.14. The maximum atomic E-state index is 12.5. The van der Waals surface area contributed by atoms with Crippen molar-refractivity contribution in [3.05, 3.63) is 54.4 Å². The van der Waals surface area contributed by atoms with Crippen LogP contribution in [0.5, 0.6) is 0 Å². The Bertz CT molecular complexity index is 632. The molecule has 1 aromatic carbocycles. The van der Waals surface area contributed by atoms with E-state index in [1.165, 1.54) is 4.90 Å². The van der Waals surface area contributed by atoms with Crippen molar-refractivity contribution >= 4 is 5.91 Å². The second kappa shape index (κ2) is 7.20. The fraction of sp³-hybridized carbons (Fsp3) is 0.176. The normalized spacial score (nSPS) is 9.90. The van der Waals surface area contributed by atoms with E-state index >= 15 is 0 Å². The molecule has 4 heteroatoms. The number of hydrogen-bond acceptors (Lipinski definition) is 2. The van der Waals surface area contributed by atoms with Gasteiger partial charge >= 0.3 is 0 Å². The van der Waals surface area contributed by atoms with E-state index < -0.39 is 6.67 Å². The van der Waals surface area contributed by atoms with E-state index in [9.17, 15) is 9.18 Å². The number of amides is 1. The first-order valence-corrected chi connectivity index (χ1v) is 6.55. The molecule has 21 heavy (non-hydrogen) atoms. The molecule has 0 bridgehead atoms. The van der Waals surface area contributed by atoms with Gasteiger partial charge in [0.1, 0.15) is 6.67 Å². The summed E-state index contributed by atoms with van der Waals surface area (Å²) in [4.78, 5) is 17.5. The van der Waals surface area contributed by atoms with Crippen LogP contribution in [0.15, 0.2) is 48.8 Å². The molecule has 3 nitrogen and oxygen atoms in total. The molecule has 0 fully saturated rings. The second-order valence-corrected chi connectivity index (χ2v) is 4.43. The molecule has 2 rings (SSSR count). The van der Waals surface area contributed by atoms with Crippen molar-refractivity contribution in [2.24, 2.45) is 0 Å². The van der Waals surface area contributed by atoms with Gasteiger partial charge in [-0.25, -0.2) is 4.39 Å². The second-order valence-electron chi connectivity index (χ2n) is 4.43. The lowest BCUT2D eigenvalue weighted by Gasteiger charge is -2.18. The fourth-order valence-corrected chi connectivity index (χ4v) is 2.00. The van der Waals surface area contributed by atoms with Crippen molar-refractivity contribution in [2.45, 2.75) is 0 Å². The highest BCUT2D eigenvalue weighted by atomic mass is 19.1. The summed E-state index contributed by atoms with van der Waals surface area (Å²) in [5, 5.41) is 0. The number of hydrogen-bond donors (Lipinski definition) is 0. The van der Waals surface area contributed by atoms with Crippen LogP contribution in [-0.2, 0) is 0 Å². The number of carbonyl (C=O) groups is 1. The summed E-state index contributed by atoms with van der Waals surface area (Å²) in [5.41, 5.74) is 2.51. The zero-order valence-electron chi connectivity index (χ0n) is 11.5. The van der Waals surface area contributed by atoms with E-state index in [0.29, 0.717) is 5.56 Å². The largest absolute Gasteiger partial charge is 0.325 e. The number of halogens is 1. The maximum absolute atomic E-state index is 12.5. The summed E-state index contributed by atoms with van der Waals surface area (Å²) in [7, 11) is 0.